The SMILES string of the molecule is COc1cc(C(C)NC(=O)C(CC(=O)ON2C(=O)CCC2=O)CC(=O)C2CCCN2C(=O)C(CC(=O)O)NC(=O)c2ccc(C)nc2)c([N+](=O)[O-])cc1OCC(=O)NC(CNC(=O)CCCCC1SCC2NC(=O)NC21)C(=O)NCC(=O)O. The van der Waals surface area contributed by atoms with Crippen LogP contribution in [0.4, 0.5) is 10.5 Å². The zero-order chi connectivity index (χ0) is 60.7. The fraction of sp³-hybridized carbons (Fsp3) is 0.529. The highest BCUT2D eigenvalue weighted by Gasteiger charge is 2.44. The van der Waals surface area contributed by atoms with Gasteiger partial charge in [0.25, 0.3) is 29.3 Å². The van der Waals surface area contributed by atoms with E-state index < -0.39 is 151 Å². The number of ether oxygens (including phenoxy) is 2. The Morgan fingerprint density at radius 2 is 1.61 bits per heavy atom. The Morgan fingerprint density at radius 3 is 2.28 bits per heavy atom. The highest BCUT2D eigenvalue weighted by atomic mass is 32.2. The number of hydroxylamine groups is 2. The number of carboxylic acid groups (broad SMARTS) is 2. The van der Waals surface area contributed by atoms with Gasteiger partial charge in [0.05, 0.1) is 72.2 Å². The molecule has 0 radical (unpaired) electrons. The predicted molar refractivity (Wildman–Crippen MR) is 283 cm³/mol. The number of carbonyl (C=O) groups excluding carboxylic acids is 11. The molecule has 31 nitrogen and oxygen atoms in total. The molecule has 83 heavy (non-hydrogen) atoms. The lowest BCUT2D eigenvalue weighted by Gasteiger charge is -2.29. The first-order chi connectivity index (χ1) is 39.4. The van der Waals surface area contributed by atoms with Gasteiger partial charge in [0, 0.05) is 61.7 Å². The number of fused-ring (bicyclic) bond motifs is 1. The fourth-order valence-electron chi connectivity index (χ4n) is 9.62. The number of unbranched alkanes of at least 4 members (excludes halogenated alkanes) is 1. The molecule has 4 saturated heterocycles. The first-order valence-corrected chi connectivity index (χ1v) is 27.4. The maximum Gasteiger partial charge on any atom is 0.334 e. The molecule has 0 saturated carbocycles. The molecule has 0 spiro atoms. The highest BCUT2D eigenvalue weighted by Crippen LogP contribution is 2.38. The van der Waals surface area contributed by atoms with E-state index in [1.54, 1.807) is 18.7 Å². The van der Waals surface area contributed by atoms with Crippen LogP contribution in [0.15, 0.2) is 30.5 Å². The first-order valence-electron chi connectivity index (χ1n) is 26.3. The van der Waals surface area contributed by atoms with Crippen molar-refractivity contribution in [1.29, 1.82) is 0 Å². The fourth-order valence-corrected chi connectivity index (χ4v) is 11.2. The number of aryl methyl sites for hydroxylation is 1. The molecule has 8 atom stereocenters. The molecule has 4 aliphatic heterocycles. The molecule has 0 aliphatic carbocycles. The van der Waals surface area contributed by atoms with E-state index in [1.807, 2.05) is 0 Å². The number of nitro benzene ring substituents is 1. The summed E-state index contributed by atoms with van der Waals surface area (Å²) >= 11 is 1.72. The van der Waals surface area contributed by atoms with E-state index in [1.165, 1.54) is 25.3 Å². The summed E-state index contributed by atoms with van der Waals surface area (Å²) in [7, 11) is 1.14. The van der Waals surface area contributed by atoms with E-state index in [2.05, 4.69) is 42.2 Å². The lowest BCUT2D eigenvalue weighted by molar-refractivity contribution is -0.385. The van der Waals surface area contributed by atoms with E-state index in [4.69, 9.17) is 19.4 Å². The summed E-state index contributed by atoms with van der Waals surface area (Å²) in [6.45, 7) is 0.666. The number of aromatic nitrogens is 1. The van der Waals surface area contributed by atoms with Gasteiger partial charge in [-0.15, -0.1) is 5.06 Å². The van der Waals surface area contributed by atoms with Crippen LogP contribution in [0.1, 0.15) is 105 Å². The topological polar surface area (TPSA) is 437 Å². The average Bonchev–Trinajstić information content (AvgIpc) is 4.47. The number of nitrogens with zero attached hydrogens (tertiary/aromatic N) is 4. The monoisotopic (exact) mass is 1180 g/mol. The number of methoxy groups -OCH3 is 1. The third-order valence-corrected chi connectivity index (χ3v) is 15.3. The Bertz CT molecular complexity index is 2880. The summed E-state index contributed by atoms with van der Waals surface area (Å²) in [6, 6.07) is -1.15. The number of nitrogens with one attached hydrogen (secondary N) is 7. The molecule has 2 aromatic rings. The molecule has 448 valence electrons. The number of imide groups is 1. The molecule has 5 heterocycles. The quantitative estimate of drug-likeness (QED) is 0.0152. The molecule has 9 N–H and O–H groups in total. The predicted octanol–water partition coefficient (Wildman–Crippen LogP) is -0.773. The minimum absolute atomic E-state index is 0.00853. The van der Waals surface area contributed by atoms with Gasteiger partial charge in [0.2, 0.25) is 23.6 Å². The van der Waals surface area contributed by atoms with Gasteiger partial charge in [-0.25, -0.2) is 9.59 Å². The smallest absolute Gasteiger partial charge is 0.334 e. The molecule has 4 fully saturated rings. The van der Waals surface area contributed by atoms with E-state index in [-0.39, 0.29) is 89.7 Å². The average molecular weight is 1180 g/mol. The lowest BCUT2D eigenvalue weighted by Crippen LogP contribution is -2.54. The first kappa shape index (κ1) is 63.2. The molecule has 10 amide bonds. The number of carbonyl (C=O) groups is 13. The molecule has 6 rings (SSSR count). The van der Waals surface area contributed by atoms with Crippen LogP contribution in [-0.4, -0.2) is 182 Å². The number of amides is 10. The summed E-state index contributed by atoms with van der Waals surface area (Å²) in [5.41, 5.74) is -0.363. The normalized spacial score (nSPS) is 19.4. The summed E-state index contributed by atoms with van der Waals surface area (Å²) < 4.78 is 11.0. The second-order valence-electron chi connectivity index (χ2n) is 19.9. The summed E-state index contributed by atoms with van der Waals surface area (Å²) in [5.74, 6) is -13.5. The number of hydrogen-bond donors (Lipinski definition) is 9. The Balaban J connectivity index is 1.12. The number of Topliss-reactive ketones (excluding diaryl/α,β-unsaturated/α-hetero) is 1. The van der Waals surface area contributed by atoms with Crippen molar-refractivity contribution >= 4 is 94.4 Å². The Kier molecular flexibility index (Phi) is 22.2. The highest BCUT2D eigenvalue weighted by molar-refractivity contribution is 8.00. The van der Waals surface area contributed by atoms with E-state index in [9.17, 15) is 77.5 Å². The van der Waals surface area contributed by atoms with Crippen LogP contribution < -0.4 is 46.7 Å². The second kappa shape index (κ2) is 29.1. The van der Waals surface area contributed by atoms with Crippen LogP contribution in [0.5, 0.6) is 11.5 Å². The summed E-state index contributed by atoms with van der Waals surface area (Å²) in [4.78, 5) is 189. The van der Waals surface area contributed by atoms with Crippen molar-refractivity contribution in [2.24, 2.45) is 5.92 Å². The number of nitro groups is 1. The van der Waals surface area contributed by atoms with E-state index in [0.717, 1.165) is 36.3 Å². The number of urea groups is 1. The van der Waals surface area contributed by atoms with Crippen LogP contribution in [0.3, 0.4) is 0 Å². The number of aliphatic carboxylic acids is 2. The molecule has 0 bridgehead atoms. The third kappa shape index (κ3) is 17.5. The van der Waals surface area contributed by atoms with Crippen LogP contribution >= 0.6 is 11.8 Å². The van der Waals surface area contributed by atoms with Gasteiger partial charge >= 0.3 is 23.9 Å². The Labute approximate surface area is 476 Å². The number of carboxylic acids is 2. The van der Waals surface area contributed by atoms with Crippen molar-refractivity contribution in [2.75, 3.05) is 39.1 Å². The molecule has 1 aromatic carbocycles. The summed E-state index contributed by atoms with van der Waals surface area (Å²) in [6.07, 6.45) is 0.159. The number of thioether (sulfide) groups is 1. The van der Waals surface area contributed by atoms with Gasteiger partial charge in [0.1, 0.15) is 18.6 Å². The van der Waals surface area contributed by atoms with Crippen LogP contribution in [0, 0.1) is 23.0 Å². The third-order valence-electron chi connectivity index (χ3n) is 13.8. The number of pyridine rings is 1. The maximum absolute atomic E-state index is 14.2. The van der Waals surface area contributed by atoms with E-state index in [0.29, 0.717) is 18.5 Å². The standard InChI is InChI=1S/C51H63N11O20S/c1-25-10-11-27(20-52-25)47(73)57-30(18-43(68)69)50(76)60-14-6-7-33(60)35(63)15-28(16-45(72)82-61-41(66)12-13-42(61)67)48(74)55-26(2)29-17-36(80-3)37(19-34(29)62(78)79)81-23-40(65)56-31(49(75)54-22-44(70)71)21-53-39(64)9-5-4-8-38-46-32(24-83-38)58-51(77)59-46/h10-11,17,19-20,26,28,30-33,38,46H,4-9,12-16,18,21-24H2,1-3H3,(H,53,64)(H,54,75)(H,55,74)(H,56,65)(H,57,73)(H,68,69)(H,70,71)(H2,58,59,77). The van der Waals surface area contributed by atoms with Crippen molar-refractivity contribution in [3.63, 3.8) is 0 Å². The van der Waals surface area contributed by atoms with Crippen molar-refractivity contribution in [2.45, 2.75) is 126 Å². The summed E-state index contributed by atoms with van der Waals surface area (Å²) in [5, 5.41) is 49.4. The zero-order valence-corrected chi connectivity index (χ0v) is 46.1. The van der Waals surface area contributed by atoms with Gasteiger partial charge in [0.15, 0.2) is 23.9 Å². The van der Waals surface area contributed by atoms with Gasteiger partial charge in [-0.1, -0.05) is 6.42 Å². The number of rotatable bonds is 30. The number of likely N-dealkylation sites (tertiary alicyclic amines) is 1. The van der Waals surface area contributed by atoms with Gasteiger partial charge < -0.3 is 66.6 Å². The molecule has 1 aromatic heterocycles. The van der Waals surface area contributed by atoms with E-state index >= 15 is 0 Å². The van der Waals surface area contributed by atoms with Crippen LogP contribution in [0.25, 0.3) is 0 Å². The molecule has 32 heteroatoms. The van der Waals surface area contributed by atoms with Gasteiger partial charge in [-0.05, 0) is 57.7 Å². The number of ketones is 1. The second-order valence-corrected chi connectivity index (χ2v) is 21.1. The molecular weight excluding hydrogens is 1120 g/mol. The maximum atomic E-state index is 14.2. The van der Waals surface area contributed by atoms with Crippen molar-refractivity contribution in [3.8, 4) is 11.5 Å². The largest absolute Gasteiger partial charge is 0.493 e. The van der Waals surface area contributed by atoms with Crippen LogP contribution in [-0.2, 0) is 57.6 Å². The minimum atomic E-state index is -1.70. The Hall–Kier alpha value is -8.97. The molecular formula is C51H63N11O20S. The number of benzene rings is 1. The number of hydrogen-bond acceptors (Lipinski definition) is 20. The molecule has 4 aliphatic rings. The van der Waals surface area contributed by atoms with Crippen molar-refractivity contribution in [3.05, 3.63) is 57.4 Å². The van der Waals surface area contributed by atoms with Crippen molar-refractivity contribution in [1.82, 2.24) is 52.2 Å². The van der Waals surface area contributed by atoms with Crippen molar-refractivity contribution < 1.29 is 91.8 Å². The van der Waals surface area contributed by atoms with Gasteiger partial charge in [-0.3, -0.25) is 67.8 Å². The Morgan fingerprint density at radius 1 is 0.880 bits per heavy atom. The van der Waals surface area contributed by atoms with Gasteiger partial charge in [-0.2, -0.15) is 11.8 Å². The zero-order valence-electron chi connectivity index (χ0n) is 45.3. The lowest BCUT2D eigenvalue weighted by atomic mass is 9.93. The molecule has 8 unspecified atom stereocenters. The van der Waals surface area contributed by atoms with Crippen LogP contribution in [0.2, 0.25) is 0 Å². The minimum Gasteiger partial charge on any atom is -0.493 e.